The fourth-order valence-electron chi connectivity index (χ4n) is 4.66. The van der Waals surface area contributed by atoms with Crippen LogP contribution in [0.25, 0.3) is 0 Å². The van der Waals surface area contributed by atoms with Gasteiger partial charge < -0.3 is 11.1 Å². The lowest BCUT2D eigenvalue weighted by Crippen LogP contribution is -2.54. The normalized spacial score (nSPS) is 27.8. The Labute approximate surface area is 146 Å². The minimum Gasteiger partial charge on any atom is -0.368 e. The Hall–Kier alpha value is -2.37. The Bertz CT molecular complexity index is 758. The number of amides is 4. The minimum absolute atomic E-state index is 0.118. The lowest BCUT2D eigenvalue weighted by atomic mass is 9.73. The van der Waals surface area contributed by atoms with Crippen LogP contribution < -0.4 is 11.1 Å². The molecule has 0 bridgehead atoms. The van der Waals surface area contributed by atoms with Gasteiger partial charge in [-0.15, -0.1) is 0 Å². The van der Waals surface area contributed by atoms with Gasteiger partial charge in [0.2, 0.25) is 5.91 Å². The number of nitrogens with two attached hydrogens (primary N) is 1. The molecule has 132 valence electrons. The average molecular weight is 341 g/mol. The van der Waals surface area contributed by atoms with E-state index in [2.05, 4.69) is 5.32 Å². The average Bonchev–Trinajstić information content (AvgIpc) is 3.00. The van der Waals surface area contributed by atoms with Crippen LogP contribution in [0.3, 0.4) is 0 Å². The van der Waals surface area contributed by atoms with Gasteiger partial charge in [0, 0.05) is 0 Å². The molecule has 1 aromatic carbocycles. The third kappa shape index (κ3) is 2.19. The minimum atomic E-state index is -1.04. The zero-order valence-corrected chi connectivity index (χ0v) is 14.3. The molecule has 3 N–H and O–H groups in total. The van der Waals surface area contributed by atoms with Crippen LogP contribution in [-0.4, -0.2) is 28.8 Å². The van der Waals surface area contributed by atoms with Gasteiger partial charge in [0.15, 0.2) is 0 Å². The maximum atomic E-state index is 13.3. The van der Waals surface area contributed by atoms with E-state index in [0.29, 0.717) is 12.3 Å². The van der Waals surface area contributed by atoms with Crippen molar-refractivity contribution in [1.29, 1.82) is 0 Å². The SMILES string of the molecule is C[C@@H](C1CCC1)C(C(N)=O)N1C(=O)N[C@]2(CCc3ccccc32)C1=O. The van der Waals surface area contributed by atoms with E-state index in [9.17, 15) is 14.4 Å². The van der Waals surface area contributed by atoms with E-state index >= 15 is 0 Å². The second kappa shape index (κ2) is 5.58. The van der Waals surface area contributed by atoms with E-state index in [-0.39, 0.29) is 11.8 Å². The molecule has 4 amide bonds. The number of hydrogen-bond donors (Lipinski definition) is 2. The summed E-state index contributed by atoms with van der Waals surface area (Å²) in [6.07, 6.45) is 4.41. The van der Waals surface area contributed by atoms with E-state index < -0.39 is 23.5 Å². The van der Waals surface area contributed by atoms with Crippen LogP contribution in [0.4, 0.5) is 4.79 Å². The number of primary amides is 1. The van der Waals surface area contributed by atoms with Crippen molar-refractivity contribution in [2.24, 2.45) is 17.6 Å². The molecule has 3 aliphatic rings. The molecule has 0 aromatic heterocycles. The van der Waals surface area contributed by atoms with Crippen LogP contribution in [0, 0.1) is 11.8 Å². The first-order valence-electron chi connectivity index (χ1n) is 8.99. The fourth-order valence-corrected chi connectivity index (χ4v) is 4.66. The molecular weight excluding hydrogens is 318 g/mol. The summed E-state index contributed by atoms with van der Waals surface area (Å²) in [4.78, 5) is 39.3. The lowest BCUT2D eigenvalue weighted by Gasteiger charge is -2.38. The zero-order valence-electron chi connectivity index (χ0n) is 14.3. The predicted octanol–water partition coefficient (Wildman–Crippen LogP) is 1.67. The molecule has 6 nitrogen and oxygen atoms in total. The Kier molecular flexibility index (Phi) is 3.60. The molecule has 1 saturated carbocycles. The topological polar surface area (TPSA) is 92.5 Å². The zero-order chi connectivity index (χ0) is 17.8. The molecule has 1 unspecified atom stereocenters. The van der Waals surface area contributed by atoms with Crippen LogP contribution in [-0.2, 0) is 21.5 Å². The van der Waals surface area contributed by atoms with Gasteiger partial charge in [0.1, 0.15) is 11.6 Å². The van der Waals surface area contributed by atoms with E-state index in [1.807, 2.05) is 31.2 Å². The van der Waals surface area contributed by atoms with Gasteiger partial charge in [-0.25, -0.2) is 9.69 Å². The summed E-state index contributed by atoms with van der Waals surface area (Å²) >= 11 is 0. The number of aryl methyl sites for hydroxylation is 1. The molecule has 1 aromatic rings. The van der Waals surface area contributed by atoms with Crippen molar-refractivity contribution >= 4 is 17.8 Å². The first-order chi connectivity index (χ1) is 12.0. The largest absolute Gasteiger partial charge is 0.368 e. The number of imide groups is 1. The van der Waals surface area contributed by atoms with E-state index in [0.717, 1.165) is 41.7 Å². The molecule has 1 heterocycles. The van der Waals surface area contributed by atoms with Crippen molar-refractivity contribution in [3.05, 3.63) is 35.4 Å². The molecule has 1 saturated heterocycles. The molecule has 0 radical (unpaired) electrons. The molecule has 2 fully saturated rings. The third-order valence-corrected chi connectivity index (χ3v) is 6.33. The van der Waals surface area contributed by atoms with Gasteiger partial charge in [-0.2, -0.15) is 0 Å². The predicted molar refractivity (Wildman–Crippen MR) is 91.3 cm³/mol. The molecular formula is C19H23N3O3. The van der Waals surface area contributed by atoms with Gasteiger partial charge in [-0.05, 0) is 35.8 Å². The molecule has 6 heteroatoms. The lowest BCUT2D eigenvalue weighted by molar-refractivity contribution is -0.140. The highest BCUT2D eigenvalue weighted by Gasteiger charge is 2.58. The fraction of sp³-hybridized carbons (Fsp3) is 0.526. The number of nitrogens with zero attached hydrogens (tertiary/aromatic N) is 1. The summed E-state index contributed by atoms with van der Waals surface area (Å²) in [5.41, 5.74) is 6.50. The number of benzene rings is 1. The number of carbonyl (C=O) groups is 3. The summed E-state index contributed by atoms with van der Waals surface area (Å²) in [6, 6.07) is 6.28. The van der Waals surface area contributed by atoms with Gasteiger partial charge in [0.05, 0.1) is 0 Å². The van der Waals surface area contributed by atoms with Crippen molar-refractivity contribution in [3.63, 3.8) is 0 Å². The quantitative estimate of drug-likeness (QED) is 0.816. The number of nitrogens with one attached hydrogen (secondary N) is 1. The van der Waals surface area contributed by atoms with Crippen molar-refractivity contribution in [2.75, 3.05) is 0 Å². The van der Waals surface area contributed by atoms with Crippen molar-refractivity contribution in [2.45, 2.75) is 50.6 Å². The Morgan fingerprint density at radius 2 is 2.04 bits per heavy atom. The van der Waals surface area contributed by atoms with E-state index in [1.165, 1.54) is 0 Å². The summed E-state index contributed by atoms with van der Waals surface area (Å²) in [5.74, 6) is -0.720. The van der Waals surface area contributed by atoms with E-state index in [4.69, 9.17) is 5.73 Å². The number of fused-ring (bicyclic) bond motifs is 2. The number of rotatable bonds is 4. The first-order valence-corrected chi connectivity index (χ1v) is 8.99. The summed E-state index contributed by atoms with van der Waals surface area (Å²) in [7, 11) is 0. The van der Waals surface area contributed by atoms with Crippen LogP contribution in [0.5, 0.6) is 0 Å². The van der Waals surface area contributed by atoms with Gasteiger partial charge in [-0.3, -0.25) is 9.59 Å². The van der Waals surface area contributed by atoms with Crippen LogP contribution in [0.15, 0.2) is 24.3 Å². The summed E-state index contributed by atoms with van der Waals surface area (Å²) in [5, 5.41) is 2.88. The maximum absolute atomic E-state index is 13.3. The van der Waals surface area contributed by atoms with Crippen LogP contribution in [0.2, 0.25) is 0 Å². The van der Waals surface area contributed by atoms with Gasteiger partial charge >= 0.3 is 6.03 Å². The summed E-state index contributed by atoms with van der Waals surface area (Å²) in [6.45, 7) is 1.92. The Balaban J connectivity index is 1.71. The van der Waals surface area contributed by atoms with E-state index in [1.54, 1.807) is 0 Å². The third-order valence-electron chi connectivity index (χ3n) is 6.33. The van der Waals surface area contributed by atoms with Crippen molar-refractivity contribution in [1.82, 2.24) is 10.2 Å². The Morgan fingerprint density at radius 3 is 2.68 bits per heavy atom. The highest BCUT2D eigenvalue weighted by Crippen LogP contribution is 2.44. The van der Waals surface area contributed by atoms with Crippen LogP contribution >= 0.6 is 0 Å². The Morgan fingerprint density at radius 1 is 1.32 bits per heavy atom. The maximum Gasteiger partial charge on any atom is 0.326 e. The monoisotopic (exact) mass is 341 g/mol. The van der Waals surface area contributed by atoms with Crippen molar-refractivity contribution in [3.8, 4) is 0 Å². The molecule has 4 rings (SSSR count). The standard InChI is InChI=1S/C19H23N3O3/c1-11(12-6-4-7-12)15(16(20)23)22-17(24)19(21-18(22)25)10-9-13-5-2-3-8-14(13)19/h2-3,5,8,11-12,15H,4,6-7,9-10H2,1H3,(H2,20,23)(H,21,25)/t11-,15?,19-/m0/s1. The first kappa shape index (κ1) is 16.1. The summed E-state index contributed by atoms with van der Waals surface area (Å²) < 4.78 is 0. The molecule has 3 atom stereocenters. The second-order valence-electron chi connectivity index (χ2n) is 7.57. The highest BCUT2D eigenvalue weighted by atomic mass is 16.2. The van der Waals surface area contributed by atoms with Gasteiger partial charge in [0.25, 0.3) is 5.91 Å². The molecule has 1 aliphatic heterocycles. The molecule has 25 heavy (non-hydrogen) atoms. The number of hydrogen-bond acceptors (Lipinski definition) is 3. The van der Waals surface area contributed by atoms with Crippen molar-refractivity contribution < 1.29 is 14.4 Å². The van der Waals surface area contributed by atoms with Crippen LogP contribution in [0.1, 0.15) is 43.7 Å². The smallest absolute Gasteiger partial charge is 0.326 e. The van der Waals surface area contributed by atoms with Gasteiger partial charge in [-0.1, -0.05) is 50.5 Å². The highest BCUT2D eigenvalue weighted by molar-refractivity contribution is 6.10. The number of carbonyl (C=O) groups excluding carboxylic acids is 3. The molecule has 2 aliphatic carbocycles. The number of urea groups is 1. The molecule has 1 spiro atoms. The second-order valence-corrected chi connectivity index (χ2v) is 7.57.